The quantitative estimate of drug-likeness (QED) is 0.749. The average molecular weight is 184 g/mol. The highest BCUT2D eigenvalue weighted by Crippen LogP contribution is 2.33. The van der Waals surface area contributed by atoms with Crippen LogP contribution in [0.3, 0.4) is 0 Å². The first kappa shape index (κ1) is 9.75. The van der Waals surface area contributed by atoms with Crippen LogP contribution in [0, 0.1) is 12.8 Å². The van der Waals surface area contributed by atoms with Gasteiger partial charge in [0.15, 0.2) is 0 Å². The molecule has 1 heterocycles. The average Bonchev–Trinajstić information content (AvgIpc) is 2.35. The highest BCUT2D eigenvalue weighted by molar-refractivity contribution is 7.12. The summed E-state index contributed by atoms with van der Waals surface area (Å²) in [4.78, 5) is 2.32. The molecule has 0 aliphatic carbocycles. The molecule has 0 fully saturated rings. The van der Waals surface area contributed by atoms with Crippen molar-refractivity contribution >= 4 is 11.3 Å². The summed E-state index contributed by atoms with van der Waals surface area (Å²) in [5.41, 5.74) is -0.668. The van der Waals surface area contributed by atoms with Crippen LogP contribution in [0.2, 0.25) is 0 Å². The smallest absolute Gasteiger partial charge is 0.0982 e. The van der Waals surface area contributed by atoms with E-state index >= 15 is 0 Å². The topological polar surface area (TPSA) is 20.2 Å². The monoisotopic (exact) mass is 184 g/mol. The first-order chi connectivity index (χ1) is 5.44. The zero-order valence-corrected chi connectivity index (χ0v) is 8.90. The highest BCUT2D eigenvalue weighted by Gasteiger charge is 2.28. The van der Waals surface area contributed by atoms with Gasteiger partial charge in [0.2, 0.25) is 0 Å². The van der Waals surface area contributed by atoms with E-state index in [-0.39, 0.29) is 5.92 Å². The molecule has 68 valence electrons. The molecule has 0 radical (unpaired) electrons. The van der Waals surface area contributed by atoms with Crippen LogP contribution >= 0.6 is 11.3 Å². The highest BCUT2D eigenvalue weighted by atomic mass is 32.1. The molecule has 2 heteroatoms. The van der Waals surface area contributed by atoms with Crippen LogP contribution in [-0.4, -0.2) is 5.11 Å². The van der Waals surface area contributed by atoms with Crippen LogP contribution in [0.1, 0.15) is 30.5 Å². The predicted octanol–water partition coefficient (Wildman–Crippen LogP) is 2.92. The van der Waals surface area contributed by atoms with Crippen LogP contribution in [-0.2, 0) is 5.60 Å². The first-order valence-corrected chi connectivity index (χ1v) is 5.05. The van der Waals surface area contributed by atoms with Gasteiger partial charge in [0.05, 0.1) is 5.60 Å². The standard InChI is InChI=1S/C10H16OS/c1-7(2)10(4,11)9-6-5-8(3)12-9/h5-7,11H,1-4H3/t10-/m1/s1. The van der Waals surface area contributed by atoms with E-state index in [0.29, 0.717) is 0 Å². The lowest BCUT2D eigenvalue weighted by molar-refractivity contribution is 0.0126. The van der Waals surface area contributed by atoms with Crippen LogP contribution in [0.5, 0.6) is 0 Å². The van der Waals surface area contributed by atoms with Gasteiger partial charge in [-0.1, -0.05) is 13.8 Å². The largest absolute Gasteiger partial charge is 0.384 e. The summed E-state index contributed by atoms with van der Waals surface area (Å²) in [5.74, 6) is 0.260. The molecule has 0 aliphatic rings. The van der Waals surface area contributed by atoms with E-state index in [9.17, 15) is 5.11 Å². The molecule has 0 amide bonds. The number of hydrogen-bond acceptors (Lipinski definition) is 2. The van der Waals surface area contributed by atoms with E-state index in [4.69, 9.17) is 0 Å². The first-order valence-electron chi connectivity index (χ1n) is 4.24. The Kier molecular flexibility index (Phi) is 2.59. The van der Waals surface area contributed by atoms with E-state index in [1.54, 1.807) is 11.3 Å². The number of rotatable bonds is 2. The molecule has 1 aromatic rings. The maximum Gasteiger partial charge on any atom is 0.0982 e. The summed E-state index contributed by atoms with van der Waals surface area (Å²) in [6.45, 7) is 8.01. The molecule has 0 spiro atoms. The van der Waals surface area contributed by atoms with Gasteiger partial charge in [-0.3, -0.25) is 0 Å². The lowest BCUT2D eigenvalue weighted by Crippen LogP contribution is -2.26. The van der Waals surface area contributed by atoms with Crippen LogP contribution in [0.4, 0.5) is 0 Å². The third-order valence-corrected chi connectivity index (χ3v) is 3.59. The molecule has 1 N–H and O–H groups in total. The van der Waals surface area contributed by atoms with Gasteiger partial charge in [-0.05, 0) is 31.9 Å². The summed E-state index contributed by atoms with van der Waals surface area (Å²) in [7, 11) is 0. The molecule has 12 heavy (non-hydrogen) atoms. The van der Waals surface area contributed by atoms with Gasteiger partial charge < -0.3 is 5.11 Å². The SMILES string of the molecule is Cc1ccc([C@](C)(O)C(C)C)s1. The zero-order valence-electron chi connectivity index (χ0n) is 8.09. The van der Waals surface area contributed by atoms with Gasteiger partial charge in [-0.2, -0.15) is 0 Å². The fourth-order valence-electron chi connectivity index (χ4n) is 0.991. The van der Waals surface area contributed by atoms with Crippen LogP contribution in [0.15, 0.2) is 12.1 Å². The molecule has 1 atom stereocenters. The van der Waals surface area contributed by atoms with Gasteiger partial charge in [0, 0.05) is 9.75 Å². The predicted molar refractivity (Wildman–Crippen MR) is 53.5 cm³/mol. The molecule has 0 saturated carbocycles. The van der Waals surface area contributed by atoms with E-state index in [1.165, 1.54) is 4.88 Å². The molecule has 1 nitrogen and oxygen atoms in total. The number of aryl methyl sites for hydroxylation is 1. The van der Waals surface area contributed by atoms with Gasteiger partial charge in [-0.15, -0.1) is 11.3 Å². The van der Waals surface area contributed by atoms with E-state index in [0.717, 1.165) is 4.88 Å². The minimum atomic E-state index is -0.668. The summed E-state index contributed by atoms with van der Waals surface area (Å²) in [5, 5.41) is 10.1. The molecular formula is C10H16OS. The van der Waals surface area contributed by atoms with E-state index in [2.05, 4.69) is 13.0 Å². The maximum absolute atomic E-state index is 10.1. The van der Waals surface area contributed by atoms with Crippen LogP contribution < -0.4 is 0 Å². The number of hydrogen-bond donors (Lipinski definition) is 1. The Hall–Kier alpha value is -0.340. The second-order valence-electron chi connectivity index (χ2n) is 3.71. The van der Waals surface area contributed by atoms with Crippen molar-refractivity contribution in [3.05, 3.63) is 21.9 Å². The molecule has 0 bridgehead atoms. The molecule has 0 unspecified atom stereocenters. The van der Waals surface area contributed by atoms with Crippen molar-refractivity contribution in [3.8, 4) is 0 Å². The van der Waals surface area contributed by atoms with Crippen molar-refractivity contribution in [3.63, 3.8) is 0 Å². The van der Waals surface area contributed by atoms with Crippen molar-refractivity contribution in [1.82, 2.24) is 0 Å². The van der Waals surface area contributed by atoms with Crippen molar-refractivity contribution in [1.29, 1.82) is 0 Å². The molecule has 0 saturated heterocycles. The zero-order chi connectivity index (χ0) is 9.35. The lowest BCUT2D eigenvalue weighted by atomic mass is 9.91. The van der Waals surface area contributed by atoms with Gasteiger partial charge >= 0.3 is 0 Å². The van der Waals surface area contributed by atoms with Crippen molar-refractivity contribution in [2.24, 2.45) is 5.92 Å². The second-order valence-corrected chi connectivity index (χ2v) is 5.00. The van der Waals surface area contributed by atoms with E-state index in [1.807, 2.05) is 26.8 Å². The third kappa shape index (κ3) is 1.70. The lowest BCUT2D eigenvalue weighted by Gasteiger charge is -2.26. The normalized spacial score (nSPS) is 16.5. The summed E-state index contributed by atoms with van der Waals surface area (Å²) >= 11 is 1.67. The second kappa shape index (κ2) is 3.19. The summed E-state index contributed by atoms with van der Waals surface area (Å²) in [6, 6.07) is 4.07. The van der Waals surface area contributed by atoms with Crippen molar-refractivity contribution in [2.75, 3.05) is 0 Å². The maximum atomic E-state index is 10.1. The van der Waals surface area contributed by atoms with Crippen molar-refractivity contribution in [2.45, 2.75) is 33.3 Å². The minimum absolute atomic E-state index is 0.260. The van der Waals surface area contributed by atoms with Gasteiger partial charge in [0.1, 0.15) is 0 Å². The Morgan fingerprint density at radius 3 is 2.33 bits per heavy atom. The van der Waals surface area contributed by atoms with Gasteiger partial charge in [-0.25, -0.2) is 0 Å². The third-order valence-electron chi connectivity index (χ3n) is 2.36. The fourth-order valence-corrected chi connectivity index (χ4v) is 2.05. The van der Waals surface area contributed by atoms with Crippen LogP contribution in [0.25, 0.3) is 0 Å². The molecule has 1 aromatic heterocycles. The molecule has 0 aromatic carbocycles. The molecule has 1 rings (SSSR count). The Morgan fingerprint density at radius 2 is 2.00 bits per heavy atom. The Bertz CT molecular complexity index is 261. The van der Waals surface area contributed by atoms with E-state index < -0.39 is 5.60 Å². The summed E-state index contributed by atoms with van der Waals surface area (Å²) in [6.07, 6.45) is 0. The summed E-state index contributed by atoms with van der Waals surface area (Å²) < 4.78 is 0. The molecule has 0 aliphatic heterocycles. The number of thiophene rings is 1. The Balaban J connectivity index is 2.97. The minimum Gasteiger partial charge on any atom is -0.384 e. The molecular weight excluding hydrogens is 168 g/mol. The Labute approximate surface area is 78.1 Å². The Morgan fingerprint density at radius 1 is 1.42 bits per heavy atom. The van der Waals surface area contributed by atoms with Crippen molar-refractivity contribution < 1.29 is 5.11 Å². The van der Waals surface area contributed by atoms with Gasteiger partial charge in [0.25, 0.3) is 0 Å². The fraction of sp³-hybridized carbons (Fsp3) is 0.600. The number of aliphatic hydroxyl groups is 1.